The Morgan fingerprint density at radius 3 is 2.09 bits per heavy atom. The summed E-state index contributed by atoms with van der Waals surface area (Å²) < 4.78 is 0. The second kappa shape index (κ2) is 6.84. The minimum atomic E-state index is -1.42. The zero-order chi connectivity index (χ0) is 16.1. The van der Waals surface area contributed by atoms with Gasteiger partial charge in [-0.25, -0.2) is 4.79 Å². The zero-order valence-corrected chi connectivity index (χ0v) is 11.5. The molecule has 0 aliphatic heterocycles. The van der Waals surface area contributed by atoms with Crippen molar-refractivity contribution in [2.24, 2.45) is 0 Å². The number of carboxylic acid groups (broad SMARTS) is 2. The maximum atomic E-state index is 11.4. The van der Waals surface area contributed by atoms with E-state index in [2.05, 4.69) is 5.32 Å². The van der Waals surface area contributed by atoms with Crippen molar-refractivity contribution in [2.75, 3.05) is 0 Å². The Morgan fingerprint density at radius 1 is 0.909 bits per heavy atom. The molecule has 2 aromatic carbocycles. The predicted molar refractivity (Wildman–Crippen MR) is 78.3 cm³/mol. The number of benzene rings is 2. The molecule has 2 rings (SSSR count). The molecule has 0 radical (unpaired) electrons. The van der Waals surface area contributed by atoms with Crippen LogP contribution in [0.4, 0.5) is 0 Å². The Balaban J connectivity index is 2.28. The van der Waals surface area contributed by atoms with E-state index in [1.54, 1.807) is 36.4 Å². The lowest BCUT2D eigenvalue weighted by molar-refractivity contribution is -0.140. The maximum Gasteiger partial charge on any atom is 0.336 e. The molecular formula is C16H15NO5. The Bertz CT molecular complexity index is 671. The van der Waals surface area contributed by atoms with E-state index >= 15 is 0 Å². The maximum absolute atomic E-state index is 11.4. The monoisotopic (exact) mass is 301 g/mol. The highest BCUT2D eigenvalue weighted by atomic mass is 16.4. The van der Waals surface area contributed by atoms with E-state index in [1.165, 1.54) is 18.2 Å². The first-order valence-corrected chi connectivity index (χ1v) is 6.55. The lowest BCUT2D eigenvalue weighted by atomic mass is 10.0. The SMILES string of the molecule is O=C(O)c1ccccc1C(O)N[C@H](C(=O)O)c1ccccc1. The van der Waals surface area contributed by atoms with Gasteiger partial charge >= 0.3 is 11.9 Å². The lowest BCUT2D eigenvalue weighted by Gasteiger charge is -2.21. The highest BCUT2D eigenvalue weighted by molar-refractivity contribution is 5.89. The van der Waals surface area contributed by atoms with E-state index in [0.717, 1.165) is 0 Å². The summed E-state index contributed by atoms with van der Waals surface area (Å²) in [6, 6.07) is 13.1. The highest BCUT2D eigenvalue weighted by Crippen LogP contribution is 2.21. The summed E-state index contributed by atoms with van der Waals surface area (Å²) in [4.78, 5) is 22.6. The van der Waals surface area contributed by atoms with Crippen LogP contribution in [0.2, 0.25) is 0 Å². The summed E-state index contributed by atoms with van der Waals surface area (Å²) >= 11 is 0. The number of carbonyl (C=O) groups is 2. The van der Waals surface area contributed by atoms with Gasteiger partial charge in [-0.2, -0.15) is 0 Å². The Hall–Kier alpha value is -2.70. The van der Waals surface area contributed by atoms with Gasteiger partial charge in [-0.05, 0) is 11.6 Å². The quantitative estimate of drug-likeness (QED) is 0.606. The average molecular weight is 301 g/mol. The van der Waals surface area contributed by atoms with E-state index < -0.39 is 24.2 Å². The molecule has 0 saturated heterocycles. The van der Waals surface area contributed by atoms with Gasteiger partial charge in [-0.1, -0.05) is 48.5 Å². The topological polar surface area (TPSA) is 107 Å². The molecule has 0 heterocycles. The number of aliphatic carboxylic acids is 1. The third-order valence-corrected chi connectivity index (χ3v) is 3.19. The van der Waals surface area contributed by atoms with Gasteiger partial charge in [-0.15, -0.1) is 0 Å². The van der Waals surface area contributed by atoms with E-state index in [-0.39, 0.29) is 11.1 Å². The average Bonchev–Trinajstić information content (AvgIpc) is 2.52. The Labute approximate surface area is 126 Å². The van der Waals surface area contributed by atoms with Gasteiger partial charge in [0.25, 0.3) is 0 Å². The van der Waals surface area contributed by atoms with Crippen LogP contribution >= 0.6 is 0 Å². The van der Waals surface area contributed by atoms with E-state index in [4.69, 9.17) is 5.11 Å². The van der Waals surface area contributed by atoms with Crippen LogP contribution in [0.25, 0.3) is 0 Å². The lowest BCUT2D eigenvalue weighted by Crippen LogP contribution is -2.32. The Kier molecular flexibility index (Phi) is 4.88. The van der Waals surface area contributed by atoms with Crippen molar-refractivity contribution >= 4 is 11.9 Å². The summed E-state index contributed by atoms with van der Waals surface area (Å²) in [6.45, 7) is 0. The van der Waals surface area contributed by atoms with Crippen molar-refractivity contribution in [1.29, 1.82) is 0 Å². The fourth-order valence-electron chi connectivity index (χ4n) is 2.13. The van der Waals surface area contributed by atoms with Gasteiger partial charge < -0.3 is 15.3 Å². The first-order chi connectivity index (χ1) is 10.5. The van der Waals surface area contributed by atoms with Gasteiger partial charge in [0, 0.05) is 5.56 Å². The molecule has 22 heavy (non-hydrogen) atoms. The van der Waals surface area contributed by atoms with Crippen LogP contribution < -0.4 is 5.32 Å². The molecule has 4 N–H and O–H groups in total. The van der Waals surface area contributed by atoms with E-state index in [1.807, 2.05) is 0 Å². The molecule has 6 heteroatoms. The normalized spacial score (nSPS) is 13.3. The van der Waals surface area contributed by atoms with Crippen molar-refractivity contribution in [3.05, 3.63) is 71.3 Å². The van der Waals surface area contributed by atoms with Gasteiger partial charge in [0.15, 0.2) is 0 Å². The molecule has 0 fully saturated rings. The molecule has 1 unspecified atom stereocenters. The van der Waals surface area contributed by atoms with Crippen molar-refractivity contribution in [1.82, 2.24) is 5.32 Å². The molecule has 114 valence electrons. The molecule has 0 saturated carbocycles. The van der Waals surface area contributed by atoms with Crippen molar-refractivity contribution in [2.45, 2.75) is 12.3 Å². The molecule has 0 bridgehead atoms. The minimum absolute atomic E-state index is 0.0836. The molecule has 0 aromatic heterocycles. The highest BCUT2D eigenvalue weighted by Gasteiger charge is 2.25. The number of aliphatic hydroxyl groups excluding tert-OH is 1. The van der Waals surface area contributed by atoms with E-state index in [0.29, 0.717) is 5.56 Å². The summed E-state index contributed by atoms with van der Waals surface area (Å²) in [5, 5.41) is 31.2. The Morgan fingerprint density at radius 2 is 1.50 bits per heavy atom. The van der Waals surface area contributed by atoms with E-state index in [9.17, 15) is 19.8 Å². The minimum Gasteiger partial charge on any atom is -0.480 e. The third-order valence-electron chi connectivity index (χ3n) is 3.19. The summed E-state index contributed by atoms with van der Waals surface area (Å²) in [5.41, 5.74) is 0.485. The molecule has 0 spiro atoms. The van der Waals surface area contributed by atoms with Gasteiger partial charge in [0.05, 0.1) is 5.56 Å². The number of aromatic carboxylic acids is 1. The van der Waals surface area contributed by atoms with Crippen LogP contribution in [0.3, 0.4) is 0 Å². The number of hydrogen-bond donors (Lipinski definition) is 4. The zero-order valence-electron chi connectivity index (χ0n) is 11.5. The van der Waals surface area contributed by atoms with Crippen LogP contribution in [0.15, 0.2) is 54.6 Å². The molecule has 2 aromatic rings. The first-order valence-electron chi connectivity index (χ1n) is 6.55. The predicted octanol–water partition coefficient (Wildman–Crippen LogP) is 1.79. The number of carboxylic acids is 2. The van der Waals surface area contributed by atoms with Crippen LogP contribution in [0.5, 0.6) is 0 Å². The van der Waals surface area contributed by atoms with Crippen LogP contribution in [-0.2, 0) is 4.79 Å². The number of hydrogen-bond acceptors (Lipinski definition) is 4. The summed E-state index contributed by atoms with van der Waals surface area (Å²) in [7, 11) is 0. The standard InChI is InChI=1S/C16H15NO5/c18-14(11-8-4-5-9-12(11)15(19)20)17-13(16(21)22)10-6-2-1-3-7-10/h1-9,13-14,17-18H,(H,19,20)(H,21,22)/t13-,14?/m0/s1. The molecule has 0 amide bonds. The summed E-state index contributed by atoms with van der Waals surface area (Å²) in [6.07, 6.45) is -1.42. The van der Waals surface area contributed by atoms with Crippen LogP contribution in [0.1, 0.15) is 33.8 Å². The fraction of sp³-hybridized carbons (Fsp3) is 0.125. The van der Waals surface area contributed by atoms with Crippen molar-refractivity contribution in [3.8, 4) is 0 Å². The number of rotatable bonds is 6. The largest absolute Gasteiger partial charge is 0.480 e. The first kappa shape index (κ1) is 15.7. The second-order valence-corrected chi connectivity index (χ2v) is 4.64. The van der Waals surface area contributed by atoms with Crippen LogP contribution in [-0.4, -0.2) is 27.3 Å². The molecular weight excluding hydrogens is 286 g/mol. The van der Waals surface area contributed by atoms with Crippen molar-refractivity contribution < 1.29 is 24.9 Å². The third kappa shape index (κ3) is 3.49. The van der Waals surface area contributed by atoms with Crippen LogP contribution in [0, 0.1) is 0 Å². The smallest absolute Gasteiger partial charge is 0.336 e. The summed E-state index contributed by atoms with van der Waals surface area (Å²) in [5.74, 6) is -2.36. The molecule has 0 aliphatic rings. The number of nitrogens with one attached hydrogen (secondary N) is 1. The van der Waals surface area contributed by atoms with Gasteiger partial charge in [-0.3, -0.25) is 10.1 Å². The molecule has 2 atom stereocenters. The van der Waals surface area contributed by atoms with Gasteiger partial charge in [0.2, 0.25) is 0 Å². The fourth-order valence-corrected chi connectivity index (χ4v) is 2.13. The van der Waals surface area contributed by atoms with Crippen molar-refractivity contribution in [3.63, 3.8) is 0 Å². The molecule has 0 aliphatic carbocycles. The number of aliphatic hydroxyl groups is 1. The van der Waals surface area contributed by atoms with Gasteiger partial charge in [0.1, 0.15) is 12.3 Å². The molecule has 6 nitrogen and oxygen atoms in total. The second-order valence-electron chi connectivity index (χ2n) is 4.64.